The first-order valence-electron chi connectivity index (χ1n) is 9.28. The largest absolute Gasteiger partial charge is 0.423 e. The molecule has 0 spiro atoms. The normalized spacial score (nSPS) is 11.5. The number of hydrogen-bond acceptors (Lipinski definition) is 5. The zero-order valence-electron chi connectivity index (χ0n) is 16.3. The van der Waals surface area contributed by atoms with Crippen molar-refractivity contribution in [1.82, 2.24) is 14.8 Å². The van der Waals surface area contributed by atoms with Gasteiger partial charge in [-0.2, -0.15) is 0 Å². The third-order valence-electron chi connectivity index (χ3n) is 4.80. The molecule has 2 aromatic heterocycles. The molecule has 148 valence electrons. The second-order valence-electron chi connectivity index (χ2n) is 7.20. The molecule has 0 atom stereocenters. The first kappa shape index (κ1) is 19.7. The highest BCUT2D eigenvalue weighted by Crippen LogP contribution is 2.30. The molecule has 0 N–H and O–H groups in total. The van der Waals surface area contributed by atoms with Crippen LogP contribution in [-0.2, 0) is 5.75 Å². The first-order valence-corrected chi connectivity index (χ1v) is 10.6. The van der Waals surface area contributed by atoms with E-state index in [-0.39, 0.29) is 5.63 Å². The lowest BCUT2D eigenvalue weighted by Crippen LogP contribution is -2.02. The average Bonchev–Trinajstić information content (AvgIpc) is 3.13. The Balaban J connectivity index is 1.70. The molecule has 5 nitrogen and oxygen atoms in total. The van der Waals surface area contributed by atoms with Crippen LogP contribution in [0.25, 0.3) is 16.7 Å². The van der Waals surface area contributed by atoms with Crippen LogP contribution < -0.4 is 5.63 Å². The average molecular weight is 426 g/mol. The SMILES string of the molecule is Cc1cc2oc(=O)cc(CSc3nncn3-c3cccc(Cl)c3)c2cc1C(C)C. The van der Waals surface area contributed by atoms with Crippen molar-refractivity contribution in [2.75, 3.05) is 0 Å². The molecular weight excluding hydrogens is 406 g/mol. The summed E-state index contributed by atoms with van der Waals surface area (Å²) in [7, 11) is 0. The Morgan fingerprint density at radius 2 is 2.03 bits per heavy atom. The van der Waals surface area contributed by atoms with Crippen molar-refractivity contribution in [2.45, 2.75) is 37.6 Å². The number of nitrogens with zero attached hydrogens (tertiary/aromatic N) is 3. The molecule has 0 aliphatic rings. The molecule has 0 bridgehead atoms. The van der Waals surface area contributed by atoms with Crippen LogP contribution in [0.15, 0.2) is 63.2 Å². The van der Waals surface area contributed by atoms with Gasteiger partial charge in [0.2, 0.25) is 0 Å². The first-order chi connectivity index (χ1) is 13.9. The van der Waals surface area contributed by atoms with E-state index in [4.69, 9.17) is 16.0 Å². The van der Waals surface area contributed by atoms with E-state index in [0.717, 1.165) is 27.4 Å². The summed E-state index contributed by atoms with van der Waals surface area (Å²) in [5.41, 5.74) is 4.46. The van der Waals surface area contributed by atoms with Crippen molar-refractivity contribution >= 4 is 34.3 Å². The second-order valence-corrected chi connectivity index (χ2v) is 8.58. The van der Waals surface area contributed by atoms with Gasteiger partial charge in [0.25, 0.3) is 0 Å². The van der Waals surface area contributed by atoms with Gasteiger partial charge in [0, 0.05) is 22.2 Å². The molecule has 0 amide bonds. The number of fused-ring (bicyclic) bond motifs is 1. The predicted octanol–water partition coefficient (Wildman–Crippen LogP) is 5.75. The topological polar surface area (TPSA) is 60.9 Å². The highest BCUT2D eigenvalue weighted by Gasteiger charge is 2.14. The van der Waals surface area contributed by atoms with E-state index in [0.29, 0.717) is 22.3 Å². The number of aryl methyl sites for hydroxylation is 1. The lowest BCUT2D eigenvalue weighted by molar-refractivity contribution is 0.559. The minimum absolute atomic E-state index is 0.346. The summed E-state index contributed by atoms with van der Waals surface area (Å²) >= 11 is 7.63. The maximum absolute atomic E-state index is 12.1. The minimum atomic E-state index is -0.346. The molecule has 7 heteroatoms. The fourth-order valence-electron chi connectivity index (χ4n) is 3.40. The Kier molecular flexibility index (Phi) is 5.48. The van der Waals surface area contributed by atoms with Crippen molar-refractivity contribution < 1.29 is 4.42 Å². The van der Waals surface area contributed by atoms with Crippen molar-refractivity contribution in [3.05, 3.63) is 80.9 Å². The van der Waals surface area contributed by atoms with Crippen LogP contribution in [0.4, 0.5) is 0 Å². The smallest absolute Gasteiger partial charge is 0.336 e. The zero-order chi connectivity index (χ0) is 20.5. The third-order valence-corrected chi connectivity index (χ3v) is 6.03. The molecule has 0 unspecified atom stereocenters. The molecule has 4 rings (SSSR count). The monoisotopic (exact) mass is 425 g/mol. The van der Waals surface area contributed by atoms with Crippen molar-refractivity contribution in [3.8, 4) is 5.69 Å². The van der Waals surface area contributed by atoms with Crippen molar-refractivity contribution in [2.24, 2.45) is 0 Å². The van der Waals surface area contributed by atoms with E-state index in [2.05, 4.69) is 30.1 Å². The van der Waals surface area contributed by atoms with E-state index in [1.54, 1.807) is 12.4 Å². The number of thioether (sulfide) groups is 1. The maximum atomic E-state index is 12.1. The molecule has 0 radical (unpaired) electrons. The molecule has 29 heavy (non-hydrogen) atoms. The Morgan fingerprint density at radius 1 is 1.21 bits per heavy atom. The predicted molar refractivity (Wildman–Crippen MR) is 117 cm³/mol. The summed E-state index contributed by atoms with van der Waals surface area (Å²) < 4.78 is 7.33. The van der Waals surface area contributed by atoms with Gasteiger partial charge < -0.3 is 4.42 Å². The van der Waals surface area contributed by atoms with Gasteiger partial charge in [-0.25, -0.2) is 4.79 Å². The fourth-order valence-corrected chi connectivity index (χ4v) is 4.51. The Bertz CT molecular complexity index is 1250. The van der Waals surface area contributed by atoms with Crippen LogP contribution in [-0.4, -0.2) is 14.8 Å². The third kappa shape index (κ3) is 4.09. The molecule has 4 aromatic rings. The minimum Gasteiger partial charge on any atom is -0.423 e. The highest BCUT2D eigenvalue weighted by atomic mass is 35.5. The van der Waals surface area contributed by atoms with Gasteiger partial charge >= 0.3 is 5.63 Å². The van der Waals surface area contributed by atoms with Crippen LogP contribution in [0, 0.1) is 6.92 Å². The molecule has 2 heterocycles. The molecule has 0 saturated carbocycles. The van der Waals surface area contributed by atoms with Gasteiger partial charge in [0.15, 0.2) is 5.16 Å². The molecule has 0 saturated heterocycles. The molecule has 0 aliphatic heterocycles. The van der Waals surface area contributed by atoms with Gasteiger partial charge in [-0.05, 0) is 59.9 Å². The molecular formula is C22H20ClN3O2S. The fraction of sp³-hybridized carbons (Fsp3) is 0.227. The van der Waals surface area contributed by atoms with Crippen LogP contribution in [0.1, 0.15) is 36.5 Å². The quantitative estimate of drug-likeness (QED) is 0.301. The van der Waals surface area contributed by atoms with E-state index < -0.39 is 0 Å². The zero-order valence-corrected chi connectivity index (χ0v) is 17.9. The number of benzene rings is 2. The Hall–Kier alpha value is -2.57. The van der Waals surface area contributed by atoms with Gasteiger partial charge in [0.1, 0.15) is 11.9 Å². The number of aromatic nitrogens is 3. The Morgan fingerprint density at radius 3 is 2.79 bits per heavy atom. The van der Waals surface area contributed by atoms with Gasteiger partial charge in [0.05, 0.1) is 5.69 Å². The maximum Gasteiger partial charge on any atom is 0.336 e. The van der Waals surface area contributed by atoms with E-state index >= 15 is 0 Å². The van der Waals surface area contributed by atoms with Crippen LogP contribution >= 0.6 is 23.4 Å². The van der Waals surface area contributed by atoms with Crippen LogP contribution in [0.5, 0.6) is 0 Å². The van der Waals surface area contributed by atoms with Crippen molar-refractivity contribution in [1.29, 1.82) is 0 Å². The molecule has 2 aromatic carbocycles. The van der Waals surface area contributed by atoms with Gasteiger partial charge in [-0.1, -0.05) is 43.3 Å². The summed E-state index contributed by atoms with van der Waals surface area (Å²) in [5.74, 6) is 0.958. The molecule has 0 fully saturated rings. The molecule has 0 aliphatic carbocycles. The van der Waals surface area contributed by atoms with E-state index in [9.17, 15) is 4.79 Å². The van der Waals surface area contributed by atoms with Gasteiger partial charge in [-0.3, -0.25) is 4.57 Å². The van der Waals surface area contributed by atoms with E-state index in [1.807, 2.05) is 41.8 Å². The van der Waals surface area contributed by atoms with Crippen molar-refractivity contribution in [3.63, 3.8) is 0 Å². The summed E-state index contributed by atoms with van der Waals surface area (Å²) in [4.78, 5) is 12.1. The lowest BCUT2D eigenvalue weighted by Gasteiger charge is -2.13. The summed E-state index contributed by atoms with van der Waals surface area (Å²) in [5, 5.41) is 10.6. The standard InChI is InChI=1S/C22H20ClN3O2S/c1-13(2)18-10-19-15(8-21(27)28-20(19)7-14(18)3)11-29-22-25-24-12-26(22)17-6-4-5-16(23)9-17/h4-10,12-13H,11H2,1-3H3. The number of halogens is 1. The highest BCUT2D eigenvalue weighted by molar-refractivity contribution is 7.98. The summed E-state index contributed by atoms with van der Waals surface area (Å²) in [6.07, 6.45) is 1.66. The lowest BCUT2D eigenvalue weighted by atomic mass is 9.95. The van der Waals surface area contributed by atoms with Crippen LogP contribution in [0.3, 0.4) is 0 Å². The number of hydrogen-bond donors (Lipinski definition) is 0. The van der Waals surface area contributed by atoms with Gasteiger partial charge in [-0.15, -0.1) is 10.2 Å². The Labute approximate surface area is 177 Å². The second kappa shape index (κ2) is 8.05. The van der Waals surface area contributed by atoms with Crippen LogP contribution in [0.2, 0.25) is 5.02 Å². The summed E-state index contributed by atoms with van der Waals surface area (Å²) in [6.45, 7) is 6.37. The van der Waals surface area contributed by atoms with E-state index in [1.165, 1.54) is 17.3 Å². The summed E-state index contributed by atoms with van der Waals surface area (Å²) in [6, 6.07) is 13.2. The number of rotatable bonds is 5.